The van der Waals surface area contributed by atoms with E-state index in [2.05, 4.69) is 0 Å². The number of β-amino-alcohol motifs (C(OH)–C–C–N with tert-alkyl or cyclic N) is 1. The highest BCUT2D eigenvalue weighted by atomic mass is 32.3. The molecule has 11 heteroatoms. The molecule has 1 aliphatic rings. The summed E-state index contributed by atoms with van der Waals surface area (Å²) in [6.07, 6.45) is 1.55. The Bertz CT molecular complexity index is 725. The van der Waals surface area contributed by atoms with Crippen molar-refractivity contribution in [1.29, 1.82) is 0 Å². The summed E-state index contributed by atoms with van der Waals surface area (Å²) in [5, 5.41) is 15.1. The molecule has 2 heterocycles. The highest BCUT2D eigenvalue weighted by Crippen LogP contribution is 2.39. The largest absolute Gasteiger partial charge is 0.387 e. The molecule has 0 radical (unpaired) electrons. The number of primary sulfonamides is 1. The number of sulfonamides is 2. The summed E-state index contributed by atoms with van der Waals surface area (Å²) in [7, 11) is -7.76. The van der Waals surface area contributed by atoms with Gasteiger partial charge in [0.05, 0.1) is 6.10 Å². The number of aliphatic hydroxyl groups excluding tert-OH is 1. The molecule has 120 valence electrons. The molecule has 0 saturated carbocycles. The van der Waals surface area contributed by atoms with Crippen LogP contribution in [0, 0.1) is 0 Å². The summed E-state index contributed by atoms with van der Waals surface area (Å²) < 4.78 is 48.5. The second kappa shape index (κ2) is 6.14. The molecule has 0 saturated heterocycles. The van der Waals surface area contributed by atoms with Gasteiger partial charge in [-0.05, 0) is 24.5 Å². The lowest BCUT2D eigenvalue weighted by atomic mass is 10.2. The zero-order valence-corrected chi connectivity index (χ0v) is 14.5. The number of hydrogen-bond acceptors (Lipinski definition) is 7. The van der Waals surface area contributed by atoms with Crippen molar-refractivity contribution >= 4 is 43.1 Å². The Morgan fingerprint density at radius 3 is 2.81 bits per heavy atom. The van der Waals surface area contributed by atoms with Crippen LogP contribution in [0.3, 0.4) is 0 Å². The van der Waals surface area contributed by atoms with Crippen LogP contribution in [0.5, 0.6) is 0 Å². The zero-order valence-electron chi connectivity index (χ0n) is 11.2. The van der Waals surface area contributed by atoms with Crippen LogP contribution in [0.25, 0.3) is 0 Å². The van der Waals surface area contributed by atoms with Gasteiger partial charge in [0.2, 0.25) is 10.0 Å². The Hall–Kier alpha value is -0.170. The van der Waals surface area contributed by atoms with Crippen molar-refractivity contribution < 1.29 is 21.9 Å². The first-order chi connectivity index (χ1) is 9.67. The van der Waals surface area contributed by atoms with Gasteiger partial charge in [0.1, 0.15) is 8.42 Å². The third kappa shape index (κ3) is 3.44. The van der Waals surface area contributed by atoms with Crippen molar-refractivity contribution in [3.05, 3.63) is 11.6 Å². The maximum absolute atomic E-state index is 12.5. The third-order valence-corrected chi connectivity index (χ3v) is 8.71. The molecule has 0 spiro atoms. The number of fused-ring (bicyclic) bond motifs is 1. The smallest absolute Gasteiger partial charge is 0.253 e. The van der Waals surface area contributed by atoms with E-state index in [0.29, 0.717) is 24.3 Å². The minimum Gasteiger partial charge on any atom is -0.387 e. The van der Waals surface area contributed by atoms with E-state index in [1.165, 1.54) is 4.31 Å². The Morgan fingerprint density at radius 1 is 1.57 bits per heavy atom. The molecule has 0 fully saturated rings. The fraction of sp³-hybridized carbons (Fsp3) is 0.600. The molecule has 0 amide bonds. The van der Waals surface area contributed by atoms with Gasteiger partial charge in [0.25, 0.3) is 10.0 Å². The molecule has 1 aliphatic heterocycles. The van der Waals surface area contributed by atoms with Crippen LogP contribution >= 0.6 is 23.1 Å². The lowest BCUT2D eigenvalue weighted by Gasteiger charge is -2.29. The van der Waals surface area contributed by atoms with Gasteiger partial charge in [-0.1, -0.05) is 0 Å². The van der Waals surface area contributed by atoms with Gasteiger partial charge in [-0.25, -0.2) is 22.0 Å². The summed E-state index contributed by atoms with van der Waals surface area (Å²) in [5.74, 6) is 0.807. The molecule has 1 atom stereocenters. The predicted octanol–water partition coefficient (Wildman–Crippen LogP) is 0.186. The highest BCUT2D eigenvalue weighted by Gasteiger charge is 2.39. The molecule has 0 aromatic carbocycles. The van der Waals surface area contributed by atoms with Gasteiger partial charge in [-0.2, -0.15) is 16.1 Å². The second-order valence-electron chi connectivity index (χ2n) is 4.58. The lowest BCUT2D eigenvalue weighted by Crippen LogP contribution is -2.39. The maximum Gasteiger partial charge on any atom is 0.253 e. The number of nitrogens with two attached hydrogens (primary N) is 1. The number of hydrogen-bond donors (Lipinski definition) is 2. The van der Waals surface area contributed by atoms with Gasteiger partial charge in [0, 0.05) is 18.7 Å². The maximum atomic E-state index is 12.5. The van der Waals surface area contributed by atoms with Gasteiger partial charge in [0.15, 0.2) is 0 Å². The van der Waals surface area contributed by atoms with E-state index in [0.717, 1.165) is 11.8 Å². The van der Waals surface area contributed by atoms with E-state index in [4.69, 9.17) is 5.14 Å². The summed E-state index contributed by atoms with van der Waals surface area (Å²) >= 11 is 2.20. The third-order valence-electron chi connectivity index (χ3n) is 3.05. The van der Waals surface area contributed by atoms with Crippen molar-refractivity contribution in [2.45, 2.75) is 20.9 Å². The minimum absolute atomic E-state index is 0.0650. The summed E-state index contributed by atoms with van der Waals surface area (Å²) in [6, 6.07) is 1.15. The lowest BCUT2D eigenvalue weighted by molar-refractivity contribution is 0.139. The quantitative estimate of drug-likeness (QED) is 0.712. The number of thioether (sulfide) groups is 1. The molecule has 0 bridgehead atoms. The Morgan fingerprint density at radius 2 is 2.24 bits per heavy atom. The zero-order chi connectivity index (χ0) is 15.8. The van der Waals surface area contributed by atoms with E-state index >= 15 is 0 Å². The summed E-state index contributed by atoms with van der Waals surface area (Å²) in [5.41, 5.74) is 0.116. The van der Waals surface area contributed by atoms with Gasteiger partial charge in [-0.15, -0.1) is 11.3 Å². The van der Waals surface area contributed by atoms with E-state index in [9.17, 15) is 21.9 Å². The molecule has 2 rings (SSSR count). The van der Waals surface area contributed by atoms with Crippen LogP contribution in [0.4, 0.5) is 0 Å². The summed E-state index contributed by atoms with van der Waals surface area (Å²) in [4.78, 5) is 0. The molecule has 3 N–H and O–H groups in total. The van der Waals surface area contributed by atoms with E-state index in [1.807, 2.05) is 6.26 Å². The molecule has 7 nitrogen and oxygen atoms in total. The number of thiophene rings is 1. The topological polar surface area (TPSA) is 118 Å². The predicted molar refractivity (Wildman–Crippen MR) is 82.4 cm³/mol. The molecule has 1 unspecified atom stereocenters. The first kappa shape index (κ1) is 17.2. The molecule has 0 aliphatic carbocycles. The monoisotopic (exact) mass is 372 g/mol. The van der Waals surface area contributed by atoms with Crippen molar-refractivity contribution in [2.75, 3.05) is 25.1 Å². The Balaban J connectivity index is 2.40. The standard InChI is InChI=1S/C10H16N2O5S4/c1-18-4-2-3-12-6-8(13)7-5-9(20(11,14)15)19-10(7)21(12,16)17/h5,8,13H,2-4,6H2,1H3,(H2,11,14,15). The Kier molecular flexibility index (Phi) is 5.03. The van der Waals surface area contributed by atoms with Gasteiger partial charge >= 0.3 is 0 Å². The van der Waals surface area contributed by atoms with Crippen LogP contribution in [-0.2, 0) is 20.0 Å². The second-order valence-corrected chi connectivity index (χ2v) is 10.5. The summed E-state index contributed by atoms with van der Waals surface area (Å²) in [6.45, 7) is 0.229. The Labute approximate surface area is 132 Å². The van der Waals surface area contributed by atoms with Crippen molar-refractivity contribution in [1.82, 2.24) is 4.31 Å². The number of aliphatic hydroxyl groups is 1. The van der Waals surface area contributed by atoms with Gasteiger partial charge in [-0.3, -0.25) is 0 Å². The average molecular weight is 373 g/mol. The average Bonchev–Trinajstić information content (AvgIpc) is 2.82. The molecule has 1 aromatic heterocycles. The fourth-order valence-electron chi connectivity index (χ4n) is 2.04. The van der Waals surface area contributed by atoms with E-state index < -0.39 is 26.2 Å². The molecular weight excluding hydrogens is 356 g/mol. The first-order valence-corrected chi connectivity index (χ1v) is 11.2. The van der Waals surface area contributed by atoms with Crippen LogP contribution in [-0.4, -0.2) is 51.3 Å². The van der Waals surface area contributed by atoms with Crippen LogP contribution in [0.15, 0.2) is 14.5 Å². The van der Waals surface area contributed by atoms with E-state index in [1.54, 1.807) is 11.8 Å². The molecular formula is C10H16N2O5S4. The van der Waals surface area contributed by atoms with Crippen molar-refractivity contribution in [2.24, 2.45) is 5.14 Å². The first-order valence-electron chi connectivity index (χ1n) is 6.01. The number of rotatable bonds is 5. The SMILES string of the molecule is CSCCCN1CC(O)c2cc(S(N)(=O)=O)sc2S1(=O)=O. The highest BCUT2D eigenvalue weighted by molar-refractivity contribution is 7.98. The van der Waals surface area contributed by atoms with Crippen molar-refractivity contribution in [3.63, 3.8) is 0 Å². The van der Waals surface area contributed by atoms with Crippen LogP contribution in [0.2, 0.25) is 0 Å². The molecule has 1 aromatic rings. The molecule has 21 heavy (non-hydrogen) atoms. The minimum atomic E-state index is -3.99. The normalized spacial score (nSPS) is 22.1. The van der Waals surface area contributed by atoms with Crippen LogP contribution < -0.4 is 5.14 Å². The number of nitrogens with zero attached hydrogens (tertiary/aromatic N) is 1. The fourth-order valence-corrected chi connectivity index (χ4v) is 6.75. The van der Waals surface area contributed by atoms with Gasteiger partial charge < -0.3 is 5.11 Å². The van der Waals surface area contributed by atoms with Crippen LogP contribution in [0.1, 0.15) is 18.1 Å². The van der Waals surface area contributed by atoms with E-state index in [-0.39, 0.29) is 20.5 Å². The van der Waals surface area contributed by atoms with Crippen molar-refractivity contribution in [3.8, 4) is 0 Å².